The third kappa shape index (κ3) is 14.3. The molecule has 0 radical (unpaired) electrons. The zero-order valence-electron chi connectivity index (χ0n) is 11.9. The van der Waals surface area contributed by atoms with Gasteiger partial charge in [0.15, 0.2) is 0 Å². The molecule has 1 heterocycles. The van der Waals surface area contributed by atoms with Gasteiger partial charge in [-0.2, -0.15) is 0 Å². The van der Waals surface area contributed by atoms with E-state index in [2.05, 4.69) is 31.9 Å². The molecule has 0 bridgehead atoms. The molecule has 0 aliphatic carbocycles. The van der Waals surface area contributed by atoms with Crippen molar-refractivity contribution in [2.45, 2.75) is 0 Å². The van der Waals surface area contributed by atoms with E-state index in [4.69, 9.17) is 0 Å². The molecule has 1 fully saturated rings. The van der Waals surface area contributed by atoms with Crippen molar-refractivity contribution >= 4 is 12.4 Å². The smallest absolute Gasteiger partial charge is 0.00772 e. The number of nitrogens with one attached hydrogen (secondary N) is 6. The summed E-state index contributed by atoms with van der Waals surface area (Å²) in [5.74, 6) is 0. The fourth-order valence-corrected chi connectivity index (χ4v) is 1.81. The predicted molar refractivity (Wildman–Crippen MR) is 84.5 cm³/mol. The van der Waals surface area contributed by atoms with E-state index in [1.54, 1.807) is 0 Å². The third-order valence-electron chi connectivity index (χ3n) is 2.87. The van der Waals surface area contributed by atoms with E-state index >= 15 is 0 Å². The molecule has 6 nitrogen and oxygen atoms in total. The van der Waals surface area contributed by atoms with Gasteiger partial charge in [0.1, 0.15) is 0 Å². The fraction of sp³-hybridized carbons (Fsp3) is 1.00. The first-order valence-electron chi connectivity index (χ1n) is 7.24. The summed E-state index contributed by atoms with van der Waals surface area (Å²) < 4.78 is 0. The van der Waals surface area contributed by atoms with E-state index in [0.717, 1.165) is 78.5 Å². The van der Waals surface area contributed by atoms with Gasteiger partial charge in [0.25, 0.3) is 0 Å². The zero-order valence-corrected chi connectivity index (χ0v) is 12.7. The Bertz CT molecular complexity index is 97.2. The van der Waals surface area contributed by atoms with Crippen LogP contribution in [0.1, 0.15) is 0 Å². The lowest BCUT2D eigenvalue weighted by molar-refractivity contribution is 0.534. The maximum atomic E-state index is 3.41. The monoisotopic (exact) mass is 294 g/mol. The maximum absolute atomic E-state index is 3.41. The topological polar surface area (TPSA) is 72.2 Å². The second-order valence-electron chi connectivity index (χ2n) is 4.50. The molecule has 116 valence electrons. The molecular weight excluding hydrogens is 264 g/mol. The summed E-state index contributed by atoms with van der Waals surface area (Å²) in [5, 5.41) is 20.5. The molecule has 0 spiro atoms. The van der Waals surface area contributed by atoms with Crippen LogP contribution in [0, 0.1) is 0 Å². The first-order chi connectivity index (χ1) is 9.00. The van der Waals surface area contributed by atoms with E-state index in [-0.39, 0.29) is 12.4 Å². The van der Waals surface area contributed by atoms with Crippen LogP contribution in [0.4, 0.5) is 0 Å². The van der Waals surface area contributed by atoms with Gasteiger partial charge in [0.2, 0.25) is 0 Å². The van der Waals surface area contributed by atoms with Gasteiger partial charge in [-0.1, -0.05) is 0 Å². The average Bonchev–Trinajstić information content (AvgIpc) is 2.39. The highest BCUT2D eigenvalue weighted by atomic mass is 35.5. The third-order valence-corrected chi connectivity index (χ3v) is 2.87. The van der Waals surface area contributed by atoms with Gasteiger partial charge in [-0.15, -0.1) is 12.4 Å². The van der Waals surface area contributed by atoms with Crippen molar-refractivity contribution in [3.05, 3.63) is 0 Å². The summed E-state index contributed by atoms with van der Waals surface area (Å²) in [7, 11) is 0. The highest BCUT2D eigenvalue weighted by Crippen LogP contribution is 1.66. The van der Waals surface area contributed by atoms with E-state index in [1.165, 1.54) is 0 Å². The van der Waals surface area contributed by atoms with E-state index in [9.17, 15) is 0 Å². The summed E-state index contributed by atoms with van der Waals surface area (Å²) in [6.45, 7) is 12.5. The Morgan fingerprint density at radius 3 is 0.474 bits per heavy atom. The summed E-state index contributed by atoms with van der Waals surface area (Å²) in [5.41, 5.74) is 0. The molecule has 0 atom stereocenters. The molecule has 19 heavy (non-hydrogen) atoms. The minimum Gasteiger partial charge on any atom is -0.314 e. The molecular formula is C12H31ClN6. The molecule has 0 aromatic heterocycles. The summed E-state index contributed by atoms with van der Waals surface area (Å²) >= 11 is 0. The van der Waals surface area contributed by atoms with Crippen molar-refractivity contribution in [1.82, 2.24) is 31.9 Å². The molecule has 1 aliphatic rings. The Hall–Kier alpha value is 0.0500. The number of halogens is 1. The molecule has 1 saturated heterocycles. The Kier molecular flexibility index (Phi) is 16.1. The van der Waals surface area contributed by atoms with Crippen molar-refractivity contribution in [3.8, 4) is 0 Å². The van der Waals surface area contributed by atoms with Crippen LogP contribution in [0.3, 0.4) is 0 Å². The fourth-order valence-electron chi connectivity index (χ4n) is 1.81. The molecule has 0 saturated carbocycles. The number of hydrogen-bond donors (Lipinski definition) is 6. The van der Waals surface area contributed by atoms with Crippen molar-refractivity contribution in [3.63, 3.8) is 0 Å². The molecule has 0 amide bonds. The van der Waals surface area contributed by atoms with Gasteiger partial charge in [0.05, 0.1) is 0 Å². The molecule has 7 heteroatoms. The lowest BCUT2D eigenvalue weighted by Crippen LogP contribution is -2.39. The molecule has 1 aliphatic heterocycles. The summed E-state index contributed by atoms with van der Waals surface area (Å²) in [6.07, 6.45) is 0. The Morgan fingerprint density at radius 1 is 0.263 bits per heavy atom. The number of hydrogen-bond acceptors (Lipinski definition) is 6. The van der Waals surface area contributed by atoms with E-state index in [0.29, 0.717) is 0 Å². The number of rotatable bonds is 0. The lowest BCUT2D eigenvalue weighted by atomic mass is 10.4. The molecule has 0 aromatic carbocycles. The van der Waals surface area contributed by atoms with Gasteiger partial charge in [-0.05, 0) is 0 Å². The quantitative estimate of drug-likeness (QED) is 0.309. The molecule has 0 unspecified atom stereocenters. The first-order valence-corrected chi connectivity index (χ1v) is 7.24. The zero-order chi connectivity index (χ0) is 12.7. The molecule has 6 N–H and O–H groups in total. The normalized spacial score (nSPS) is 22.7. The Labute approximate surface area is 123 Å². The van der Waals surface area contributed by atoms with Gasteiger partial charge < -0.3 is 31.9 Å². The maximum Gasteiger partial charge on any atom is 0.00772 e. The standard InChI is InChI=1S/C12H30N6.ClH/c1-2-14-5-6-16-9-10-18-12-11-17-8-7-15-4-3-13-1;/h13-18H,1-12H2;1H. The largest absolute Gasteiger partial charge is 0.314 e. The minimum atomic E-state index is 0. The van der Waals surface area contributed by atoms with Crippen molar-refractivity contribution < 1.29 is 0 Å². The second kappa shape index (κ2) is 16.1. The van der Waals surface area contributed by atoms with Crippen LogP contribution in [-0.4, -0.2) is 78.5 Å². The van der Waals surface area contributed by atoms with Crippen LogP contribution < -0.4 is 31.9 Å². The predicted octanol–water partition coefficient (Wildman–Crippen LogP) is -2.04. The lowest BCUT2D eigenvalue weighted by Gasteiger charge is -2.11. The van der Waals surface area contributed by atoms with Gasteiger partial charge in [0, 0.05) is 78.5 Å². The SMILES string of the molecule is C1CNCCNCCNCCNCCNCCN1.Cl. The first kappa shape index (κ1) is 19.1. The van der Waals surface area contributed by atoms with Crippen LogP contribution in [-0.2, 0) is 0 Å². The van der Waals surface area contributed by atoms with Crippen molar-refractivity contribution in [1.29, 1.82) is 0 Å². The van der Waals surface area contributed by atoms with Gasteiger partial charge in [-0.3, -0.25) is 0 Å². The van der Waals surface area contributed by atoms with Crippen LogP contribution in [0.25, 0.3) is 0 Å². The van der Waals surface area contributed by atoms with E-state index in [1.807, 2.05) is 0 Å². The van der Waals surface area contributed by atoms with Crippen molar-refractivity contribution in [2.75, 3.05) is 78.5 Å². The summed E-state index contributed by atoms with van der Waals surface area (Å²) in [4.78, 5) is 0. The Balaban J connectivity index is 0.00000324. The van der Waals surface area contributed by atoms with E-state index < -0.39 is 0 Å². The van der Waals surface area contributed by atoms with Gasteiger partial charge in [-0.25, -0.2) is 0 Å². The highest BCUT2D eigenvalue weighted by Gasteiger charge is 1.92. The van der Waals surface area contributed by atoms with Crippen LogP contribution in [0.2, 0.25) is 0 Å². The average molecular weight is 295 g/mol. The van der Waals surface area contributed by atoms with Crippen molar-refractivity contribution in [2.24, 2.45) is 0 Å². The van der Waals surface area contributed by atoms with Crippen LogP contribution in [0.15, 0.2) is 0 Å². The molecule has 1 rings (SSSR count). The molecule has 0 aromatic rings. The minimum absolute atomic E-state index is 0. The van der Waals surface area contributed by atoms with Crippen LogP contribution in [0.5, 0.6) is 0 Å². The summed E-state index contributed by atoms with van der Waals surface area (Å²) in [6, 6.07) is 0. The van der Waals surface area contributed by atoms with Gasteiger partial charge >= 0.3 is 0 Å². The highest BCUT2D eigenvalue weighted by molar-refractivity contribution is 5.85. The van der Waals surface area contributed by atoms with Crippen LogP contribution >= 0.6 is 12.4 Å². The Morgan fingerprint density at radius 2 is 0.368 bits per heavy atom. The second-order valence-corrected chi connectivity index (χ2v) is 4.50.